The smallest absolute Gasteiger partial charge is 0.271 e. The van der Waals surface area contributed by atoms with Crippen LogP contribution in [0.4, 0.5) is 0 Å². The van der Waals surface area contributed by atoms with Gasteiger partial charge in [-0.05, 0) is 31.0 Å². The van der Waals surface area contributed by atoms with Gasteiger partial charge in [0.1, 0.15) is 12.0 Å². The van der Waals surface area contributed by atoms with Crippen LogP contribution in [-0.2, 0) is 6.54 Å². The Balaban J connectivity index is 1.93. The molecular weight excluding hydrogens is 328 g/mol. The minimum absolute atomic E-state index is 0.104. The van der Waals surface area contributed by atoms with Crippen molar-refractivity contribution in [1.29, 1.82) is 0 Å². The molecule has 126 valence electrons. The highest BCUT2D eigenvalue weighted by Gasteiger charge is 2.12. The van der Waals surface area contributed by atoms with E-state index in [1.807, 2.05) is 13.8 Å². The van der Waals surface area contributed by atoms with E-state index in [1.54, 1.807) is 24.3 Å². The normalized spacial score (nSPS) is 11.6. The van der Waals surface area contributed by atoms with E-state index in [4.69, 9.17) is 11.6 Å². The molecule has 6 nitrogen and oxygen atoms in total. The number of rotatable bonds is 6. The number of amides is 2. The Morgan fingerprint density at radius 1 is 1.21 bits per heavy atom. The summed E-state index contributed by atoms with van der Waals surface area (Å²) in [6.45, 7) is 4.28. The molecule has 0 saturated carbocycles. The Hall–Kier alpha value is -2.47. The first kappa shape index (κ1) is 17.9. The first-order valence-corrected chi connectivity index (χ1v) is 8.02. The molecule has 0 aliphatic rings. The Kier molecular flexibility index (Phi) is 6.26. The fourth-order valence-corrected chi connectivity index (χ4v) is 2.12. The minimum Gasteiger partial charge on any atom is -0.350 e. The van der Waals surface area contributed by atoms with Crippen LogP contribution in [0.15, 0.2) is 36.8 Å². The van der Waals surface area contributed by atoms with Gasteiger partial charge in [0.15, 0.2) is 0 Å². The largest absolute Gasteiger partial charge is 0.350 e. The highest BCUT2D eigenvalue weighted by Crippen LogP contribution is 2.11. The van der Waals surface area contributed by atoms with Crippen LogP contribution in [0.2, 0.25) is 5.02 Å². The number of carbonyl (C=O) groups is 2. The third kappa shape index (κ3) is 4.76. The van der Waals surface area contributed by atoms with Gasteiger partial charge in [-0.3, -0.25) is 9.59 Å². The fourth-order valence-electron chi connectivity index (χ4n) is 1.93. The van der Waals surface area contributed by atoms with E-state index < -0.39 is 0 Å². The lowest BCUT2D eigenvalue weighted by Crippen LogP contribution is -2.31. The van der Waals surface area contributed by atoms with Gasteiger partial charge in [0.2, 0.25) is 0 Å². The molecule has 0 fully saturated rings. The lowest BCUT2D eigenvalue weighted by atomic mass is 10.1. The van der Waals surface area contributed by atoms with Gasteiger partial charge < -0.3 is 10.6 Å². The summed E-state index contributed by atoms with van der Waals surface area (Å²) >= 11 is 5.88. The van der Waals surface area contributed by atoms with Gasteiger partial charge >= 0.3 is 0 Å². The average molecular weight is 347 g/mol. The lowest BCUT2D eigenvalue weighted by molar-refractivity contribution is 0.0932. The van der Waals surface area contributed by atoms with Gasteiger partial charge in [-0.15, -0.1) is 0 Å². The molecule has 7 heteroatoms. The monoisotopic (exact) mass is 346 g/mol. The summed E-state index contributed by atoms with van der Waals surface area (Å²) in [5.41, 5.74) is 1.59. The van der Waals surface area contributed by atoms with Crippen LogP contribution in [0.1, 0.15) is 46.7 Å². The molecule has 1 aromatic carbocycles. The zero-order valence-corrected chi connectivity index (χ0v) is 14.3. The van der Waals surface area contributed by atoms with Crippen LogP contribution >= 0.6 is 11.6 Å². The molecule has 1 aromatic heterocycles. The van der Waals surface area contributed by atoms with E-state index in [-0.39, 0.29) is 28.6 Å². The highest BCUT2D eigenvalue weighted by molar-refractivity contribution is 6.33. The van der Waals surface area contributed by atoms with Crippen LogP contribution in [0.25, 0.3) is 0 Å². The second-order valence-corrected chi connectivity index (χ2v) is 5.79. The molecule has 0 bridgehead atoms. The fraction of sp³-hybridized carbons (Fsp3) is 0.294. The molecule has 1 atom stereocenters. The summed E-state index contributed by atoms with van der Waals surface area (Å²) in [5, 5.41) is 5.84. The SMILES string of the molecule is CC[C@H](C)NC(=O)c1ccc(CNC(=O)c2ncncc2Cl)cc1. The van der Waals surface area contributed by atoms with Gasteiger partial charge in [-0.1, -0.05) is 30.7 Å². The van der Waals surface area contributed by atoms with E-state index in [2.05, 4.69) is 20.6 Å². The van der Waals surface area contributed by atoms with Gasteiger partial charge in [0, 0.05) is 24.3 Å². The van der Waals surface area contributed by atoms with Crippen molar-refractivity contribution in [1.82, 2.24) is 20.6 Å². The second-order valence-electron chi connectivity index (χ2n) is 5.38. The molecule has 0 spiro atoms. The van der Waals surface area contributed by atoms with E-state index in [9.17, 15) is 9.59 Å². The Morgan fingerprint density at radius 2 is 1.92 bits per heavy atom. The summed E-state index contributed by atoms with van der Waals surface area (Å²) in [6.07, 6.45) is 3.52. The number of halogens is 1. The van der Waals surface area contributed by atoms with Crippen molar-refractivity contribution < 1.29 is 9.59 Å². The molecule has 2 rings (SSSR count). The Labute approximate surface area is 145 Å². The first-order chi connectivity index (χ1) is 11.5. The van der Waals surface area contributed by atoms with Crippen LogP contribution in [0, 0.1) is 0 Å². The molecule has 0 aliphatic carbocycles. The van der Waals surface area contributed by atoms with Crippen LogP contribution in [0.5, 0.6) is 0 Å². The summed E-state index contributed by atoms with van der Waals surface area (Å²) in [6, 6.07) is 7.20. The summed E-state index contributed by atoms with van der Waals surface area (Å²) in [5.74, 6) is -0.478. The maximum absolute atomic E-state index is 12.0. The Bertz CT molecular complexity index is 719. The first-order valence-electron chi connectivity index (χ1n) is 7.64. The molecule has 2 N–H and O–H groups in total. The van der Waals surface area contributed by atoms with Crippen molar-refractivity contribution in [3.05, 3.63) is 58.6 Å². The topological polar surface area (TPSA) is 84.0 Å². The number of hydrogen-bond donors (Lipinski definition) is 2. The van der Waals surface area contributed by atoms with Crippen LogP contribution in [0.3, 0.4) is 0 Å². The molecular formula is C17H19ClN4O2. The number of aromatic nitrogens is 2. The number of nitrogens with zero attached hydrogens (tertiary/aromatic N) is 2. The van der Waals surface area contributed by atoms with Crippen molar-refractivity contribution in [2.75, 3.05) is 0 Å². The molecule has 0 aliphatic heterocycles. The van der Waals surface area contributed by atoms with Gasteiger partial charge in [-0.2, -0.15) is 0 Å². The van der Waals surface area contributed by atoms with Crippen LogP contribution in [-0.4, -0.2) is 27.8 Å². The standard InChI is InChI=1S/C17H19ClN4O2/c1-3-11(2)22-16(23)13-6-4-12(5-7-13)8-20-17(24)15-14(18)9-19-10-21-15/h4-7,9-11H,3,8H2,1-2H3,(H,20,24)(H,22,23)/t11-/m0/s1. The lowest BCUT2D eigenvalue weighted by Gasteiger charge is -2.11. The maximum Gasteiger partial charge on any atom is 0.271 e. The van der Waals surface area contributed by atoms with Crippen molar-refractivity contribution in [2.24, 2.45) is 0 Å². The predicted molar refractivity (Wildman–Crippen MR) is 91.9 cm³/mol. The number of hydrogen-bond acceptors (Lipinski definition) is 4. The summed E-state index contributed by atoms with van der Waals surface area (Å²) in [7, 11) is 0. The van der Waals surface area contributed by atoms with E-state index in [0.29, 0.717) is 12.1 Å². The van der Waals surface area contributed by atoms with Gasteiger partial charge in [0.25, 0.3) is 11.8 Å². The van der Waals surface area contributed by atoms with Crippen molar-refractivity contribution in [3.8, 4) is 0 Å². The van der Waals surface area contributed by atoms with E-state index >= 15 is 0 Å². The number of carbonyl (C=O) groups excluding carboxylic acids is 2. The van der Waals surface area contributed by atoms with Crippen molar-refractivity contribution >= 4 is 23.4 Å². The predicted octanol–water partition coefficient (Wildman–Crippen LogP) is 2.59. The Morgan fingerprint density at radius 3 is 2.54 bits per heavy atom. The van der Waals surface area contributed by atoms with Crippen molar-refractivity contribution in [2.45, 2.75) is 32.9 Å². The zero-order chi connectivity index (χ0) is 17.5. The minimum atomic E-state index is -0.374. The molecule has 0 unspecified atom stereocenters. The number of nitrogens with one attached hydrogen (secondary N) is 2. The molecule has 24 heavy (non-hydrogen) atoms. The third-order valence-corrected chi connectivity index (χ3v) is 3.82. The third-order valence-electron chi connectivity index (χ3n) is 3.54. The average Bonchev–Trinajstić information content (AvgIpc) is 2.60. The maximum atomic E-state index is 12.0. The summed E-state index contributed by atoms with van der Waals surface area (Å²) in [4.78, 5) is 31.6. The zero-order valence-electron chi connectivity index (χ0n) is 13.5. The quantitative estimate of drug-likeness (QED) is 0.842. The van der Waals surface area contributed by atoms with E-state index in [0.717, 1.165) is 12.0 Å². The molecule has 2 aromatic rings. The molecule has 2 amide bonds. The van der Waals surface area contributed by atoms with Gasteiger partial charge in [-0.25, -0.2) is 9.97 Å². The van der Waals surface area contributed by atoms with Crippen LogP contribution < -0.4 is 10.6 Å². The second kappa shape index (κ2) is 8.40. The molecule has 0 radical (unpaired) electrons. The number of benzene rings is 1. The van der Waals surface area contributed by atoms with Gasteiger partial charge in [0.05, 0.1) is 5.02 Å². The van der Waals surface area contributed by atoms with E-state index in [1.165, 1.54) is 12.5 Å². The van der Waals surface area contributed by atoms with Crippen molar-refractivity contribution in [3.63, 3.8) is 0 Å². The summed E-state index contributed by atoms with van der Waals surface area (Å²) < 4.78 is 0. The molecule has 1 heterocycles. The highest BCUT2D eigenvalue weighted by atomic mass is 35.5. The molecule has 0 saturated heterocycles.